The van der Waals surface area contributed by atoms with Gasteiger partial charge in [-0.3, -0.25) is 14.4 Å². The van der Waals surface area contributed by atoms with Crippen LogP contribution in [0.15, 0.2) is 11.6 Å². The largest absolute Gasteiger partial charge is 0.469 e. The summed E-state index contributed by atoms with van der Waals surface area (Å²) >= 11 is 0. The standard InChI is InChI=1S/C28H38O5/c1-14(2)16-13-28-11-8-17-25(3,9-7-10-26(17,4)24(31)32-6)18(28)12-15(16)19-20(28)22(30)27(5)23(33-27)21(19)29/h13-15,17-20,23H,7-12H2,1-6H3/t15-,17+,18+,19?,20?,23-,25-,26+,27+,28-/m0/s1. The summed E-state index contributed by atoms with van der Waals surface area (Å²) in [5, 5.41) is 0. The highest BCUT2D eigenvalue weighted by Crippen LogP contribution is 2.75. The highest BCUT2D eigenvalue weighted by atomic mass is 16.6. The molecule has 0 aromatic rings. The number of esters is 1. The fraction of sp³-hybridized carbons (Fsp3) is 0.821. The topological polar surface area (TPSA) is 73.0 Å². The SMILES string of the molecule is COC(=O)[C@]1(C)CCC[C@@]2(C)[C@H]1CC[C@]13C=C(C(C)C)[C@H](C[C@H]21)C1C(=O)[C@@H]2O[C@]2(C)C(=O)C13. The van der Waals surface area contributed by atoms with E-state index in [9.17, 15) is 14.4 Å². The lowest BCUT2D eigenvalue weighted by molar-refractivity contribution is -0.201. The van der Waals surface area contributed by atoms with Crippen molar-refractivity contribution in [2.75, 3.05) is 7.11 Å². The van der Waals surface area contributed by atoms with E-state index in [4.69, 9.17) is 9.47 Å². The third-order valence-corrected chi connectivity index (χ3v) is 11.5. The first-order valence-corrected chi connectivity index (χ1v) is 13.0. The molecule has 5 heteroatoms. The Hall–Kier alpha value is -1.49. The fourth-order valence-electron chi connectivity index (χ4n) is 10.1. The predicted molar refractivity (Wildman–Crippen MR) is 122 cm³/mol. The highest BCUT2D eigenvalue weighted by Gasteiger charge is 2.78. The van der Waals surface area contributed by atoms with Gasteiger partial charge in [-0.05, 0) is 75.0 Å². The number of methoxy groups -OCH3 is 1. The number of fused-ring (bicyclic) bond motifs is 2. The molecule has 0 radical (unpaired) electrons. The highest BCUT2D eigenvalue weighted by molar-refractivity contribution is 6.09. The van der Waals surface area contributed by atoms with Crippen molar-refractivity contribution >= 4 is 17.5 Å². The van der Waals surface area contributed by atoms with Crippen molar-refractivity contribution in [2.24, 2.45) is 51.8 Å². The molecule has 180 valence electrons. The van der Waals surface area contributed by atoms with Gasteiger partial charge in [-0.15, -0.1) is 0 Å². The van der Waals surface area contributed by atoms with Crippen LogP contribution >= 0.6 is 0 Å². The van der Waals surface area contributed by atoms with E-state index in [2.05, 4.69) is 33.8 Å². The van der Waals surface area contributed by atoms with Gasteiger partial charge in [-0.1, -0.05) is 38.8 Å². The van der Waals surface area contributed by atoms with Crippen molar-refractivity contribution in [3.63, 3.8) is 0 Å². The number of Topliss-reactive ketones (excluding diaryl/α,β-unsaturated/α-hetero) is 2. The van der Waals surface area contributed by atoms with Crippen LogP contribution in [0.5, 0.6) is 0 Å². The van der Waals surface area contributed by atoms with E-state index >= 15 is 0 Å². The summed E-state index contributed by atoms with van der Waals surface area (Å²) in [5.41, 5.74) is -0.358. The number of ketones is 2. The summed E-state index contributed by atoms with van der Waals surface area (Å²) in [6.45, 7) is 10.8. The molecule has 0 amide bonds. The zero-order chi connectivity index (χ0) is 23.7. The van der Waals surface area contributed by atoms with Crippen molar-refractivity contribution < 1.29 is 23.9 Å². The van der Waals surface area contributed by atoms with Crippen LogP contribution in [0.2, 0.25) is 0 Å². The van der Waals surface area contributed by atoms with E-state index in [0.717, 1.165) is 38.5 Å². The van der Waals surface area contributed by atoms with Crippen LogP contribution in [-0.4, -0.2) is 36.4 Å². The molecule has 10 atom stereocenters. The summed E-state index contributed by atoms with van der Waals surface area (Å²) in [5.74, 6) is 0.777. The van der Waals surface area contributed by atoms with Crippen LogP contribution in [0.3, 0.4) is 0 Å². The first kappa shape index (κ1) is 22.0. The summed E-state index contributed by atoms with van der Waals surface area (Å²) in [4.78, 5) is 40.6. The van der Waals surface area contributed by atoms with Crippen molar-refractivity contribution in [2.45, 2.75) is 84.8 Å². The van der Waals surface area contributed by atoms with Gasteiger partial charge >= 0.3 is 5.97 Å². The molecule has 5 nitrogen and oxygen atoms in total. The maximum absolute atomic E-state index is 14.0. The van der Waals surface area contributed by atoms with Crippen LogP contribution in [0.25, 0.3) is 0 Å². The number of carbonyl (C=O) groups excluding carboxylic acids is 3. The molecular formula is C28H38O5. The Bertz CT molecular complexity index is 996. The molecule has 0 N–H and O–H groups in total. The van der Waals surface area contributed by atoms with Crippen LogP contribution in [0, 0.1) is 51.8 Å². The Morgan fingerprint density at radius 2 is 1.85 bits per heavy atom. The number of hydrogen-bond donors (Lipinski definition) is 0. The minimum Gasteiger partial charge on any atom is -0.469 e. The van der Waals surface area contributed by atoms with E-state index in [1.807, 2.05) is 6.92 Å². The van der Waals surface area contributed by atoms with Crippen LogP contribution in [0.4, 0.5) is 0 Å². The first-order chi connectivity index (χ1) is 15.5. The molecular weight excluding hydrogens is 416 g/mol. The lowest BCUT2D eigenvalue weighted by Gasteiger charge is -2.70. The maximum Gasteiger partial charge on any atom is 0.311 e. The Labute approximate surface area is 197 Å². The third-order valence-electron chi connectivity index (χ3n) is 11.5. The zero-order valence-corrected chi connectivity index (χ0v) is 20.9. The quantitative estimate of drug-likeness (QED) is 0.348. The van der Waals surface area contributed by atoms with Gasteiger partial charge in [-0.2, -0.15) is 0 Å². The number of hydrogen-bond acceptors (Lipinski definition) is 5. The van der Waals surface area contributed by atoms with Crippen LogP contribution in [-0.2, 0) is 23.9 Å². The summed E-state index contributed by atoms with van der Waals surface area (Å²) < 4.78 is 11.1. The molecule has 7 rings (SSSR count). The number of carbonyl (C=O) groups is 3. The average Bonchev–Trinajstić information content (AvgIpc) is 3.49. The van der Waals surface area contributed by atoms with Gasteiger partial charge in [0, 0.05) is 17.3 Å². The normalized spacial score (nSPS) is 54.1. The van der Waals surface area contributed by atoms with Crippen molar-refractivity contribution in [3.8, 4) is 0 Å². The van der Waals surface area contributed by atoms with Gasteiger partial charge in [0.15, 0.2) is 23.3 Å². The van der Waals surface area contributed by atoms with E-state index < -0.39 is 17.1 Å². The molecule has 6 aliphatic carbocycles. The van der Waals surface area contributed by atoms with Crippen LogP contribution in [0.1, 0.15) is 73.1 Å². The molecule has 1 saturated heterocycles. The maximum atomic E-state index is 14.0. The lowest BCUT2D eigenvalue weighted by atomic mass is 9.33. The molecule has 4 saturated carbocycles. The van der Waals surface area contributed by atoms with E-state index in [0.29, 0.717) is 11.8 Å². The Kier molecular flexibility index (Phi) is 4.26. The molecule has 7 aliphatic rings. The smallest absolute Gasteiger partial charge is 0.311 e. The predicted octanol–water partition coefficient (Wildman–Crippen LogP) is 4.53. The second-order valence-electron chi connectivity index (χ2n) is 13.0. The molecule has 2 bridgehead atoms. The van der Waals surface area contributed by atoms with E-state index in [1.165, 1.54) is 12.7 Å². The first-order valence-electron chi connectivity index (χ1n) is 13.0. The fourth-order valence-corrected chi connectivity index (χ4v) is 10.1. The second kappa shape index (κ2) is 6.38. The van der Waals surface area contributed by atoms with Crippen LogP contribution < -0.4 is 0 Å². The molecule has 1 aliphatic heterocycles. The molecule has 5 fully saturated rings. The van der Waals surface area contributed by atoms with Gasteiger partial charge in [0.1, 0.15) is 0 Å². The molecule has 1 heterocycles. The van der Waals surface area contributed by atoms with Gasteiger partial charge in [0.2, 0.25) is 0 Å². The Balaban J connectivity index is 1.51. The Morgan fingerprint density at radius 1 is 1.12 bits per heavy atom. The molecule has 1 spiro atoms. The number of allylic oxidation sites excluding steroid dienone is 2. The minimum atomic E-state index is -0.911. The molecule has 0 aromatic carbocycles. The monoisotopic (exact) mass is 454 g/mol. The van der Waals surface area contributed by atoms with Gasteiger partial charge < -0.3 is 9.47 Å². The van der Waals surface area contributed by atoms with Gasteiger partial charge in [-0.25, -0.2) is 0 Å². The molecule has 0 aromatic heterocycles. The van der Waals surface area contributed by atoms with E-state index in [-0.39, 0.29) is 52.0 Å². The van der Waals surface area contributed by atoms with Gasteiger partial charge in [0.25, 0.3) is 0 Å². The van der Waals surface area contributed by atoms with Crippen molar-refractivity contribution in [3.05, 3.63) is 11.6 Å². The lowest BCUT2D eigenvalue weighted by Crippen LogP contribution is -2.69. The summed E-state index contributed by atoms with van der Waals surface area (Å²) in [6, 6.07) is 0. The zero-order valence-electron chi connectivity index (χ0n) is 20.9. The van der Waals surface area contributed by atoms with Crippen molar-refractivity contribution in [1.29, 1.82) is 0 Å². The third kappa shape index (κ3) is 2.36. The summed E-state index contributed by atoms with van der Waals surface area (Å²) in [7, 11) is 1.51. The number of epoxide rings is 1. The van der Waals surface area contributed by atoms with Crippen molar-refractivity contribution in [1.82, 2.24) is 0 Å². The molecule has 33 heavy (non-hydrogen) atoms. The second-order valence-corrected chi connectivity index (χ2v) is 13.0. The average molecular weight is 455 g/mol. The number of rotatable bonds is 2. The Morgan fingerprint density at radius 3 is 2.52 bits per heavy atom. The summed E-state index contributed by atoms with van der Waals surface area (Å²) in [6.07, 6.45) is 7.61. The molecule has 2 unspecified atom stereocenters. The number of ether oxygens (including phenoxy) is 2. The van der Waals surface area contributed by atoms with E-state index in [1.54, 1.807) is 0 Å². The van der Waals surface area contributed by atoms with Gasteiger partial charge in [0.05, 0.1) is 12.5 Å². The minimum absolute atomic E-state index is 0.0485.